The number of aromatic nitrogens is 1. The van der Waals surface area contributed by atoms with Gasteiger partial charge in [0.15, 0.2) is 0 Å². The number of pyridine rings is 1. The Morgan fingerprint density at radius 1 is 1.22 bits per heavy atom. The molecule has 3 fully saturated rings. The van der Waals surface area contributed by atoms with Gasteiger partial charge in [0.25, 0.3) is 0 Å². The molecular weight excluding hydrogens is 443 g/mol. The fourth-order valence-corrected chi connectivity index (χ4v) is 5.41. The number of fused-ring (bicyclic) bond motifs is 4. The minimum atomic E-state index is -0.600. The molecule has 168 valence electrons. The van der Waals surface area contributed by atoms with E-state index >= 15 is 0 Å². The monoisotopic (exact) mass is 470 g/mol. The zero-order chi connectivity index (χ0) is 21.5. The van der Waals surface area contributed by atoms with Crippen LogP contribution in [0, 0.1) is 11.8 Å². The van der Waals surface area contributed by atoms with E-state index in [0.29, 0.717) is 16.9 Å². The lowest BCUT2D eigenvalue weighted by atomic mass is 9.73. The minimum absolute atomic E-state index is 0. The summed E-state index contributed by atoms with van der Waals surface area (Å²) in [6.45, 7) is 6.04. The van der Waals surface area contributed by atoms with E-state index in [1.54, 1.807) is 7.11 Å². The second-order valence-electron chi connectivity index (χ2n) is 8.68. The Bertz CT molecular complexity index is 1120. The van der Waals surface area contributed by atoms with E-state index in [2.05, 4.69) is 17.6 Å². The molecule has 0 spiro atoms. The van der Waals surface area contributed by atoms with Gasteiger partial charge in [0.2, 0.25) is 0 Å². The van der Waals surface area contributed by atoms with Crippen molar-refractivity contribution in [2.24, 2.45) is 11.8 Å². The molecule has 0 saturated carbocycles. The normalized spacial score (nSPS) is 25.2. The third kappa shape index (κ3) is 4.13. The number of ether oxygens (including phenoxy) is 1. The van der Waals surface area contributed by atoms with Crippen LogP contribution in [0.25, 0.3) is 22.2 Å². The molecule has 1 unspecified atom stereocenters. The highest BCUT2D eigenvalue weighted by Crippen LogP contribution is 2.43. The molecule has 6 rings (SSSR count). The van der Waals surface area contributed by atoms with Gasteiger partial charge >= 0.3 is 0 Å². The molecular formula is C26H28Cl2N2O2. The van der Waals surface area contributed by atoms with Crippen LogP contribution in [-0.2, 0) is 0 Å². The third-order valence-electron chi connectivity index (χ3n) is 7.02. The van der Waals surface area contributed by atoms with Crippen LogP contribution in [0.5, 0.6) is 5.75 Å². The van der Waals surface area contributed by atoms with Crippen molar-refractivity contribution >= 4 is 34.9 Å². The van der Waals surface area contributed by atoms with Crippen LogP contribution in [0.3, 0.4) is 0 Å². The zero-order valence-corrected chi connectivity index (χ0v) is 19.6. The van der Waals surface area contributed by atoms with Gasteiger partial charge in [-0.25, -0.2) is 4.98 Å². The third-order valence-corrected chi connectivity index (χ3v) is 7.28. The van der Waals surface area contributed by atoms with E-state index in [0.717, 1.165) is 53.0 Å². The fraction of sp³-hybridized carbons (Fsp3) is 0.346. The van der Waals surface area contributed by atoms with Crippen molar-refractivity contribution in [1.82, 2.24) is 9.88 Å². The number of methoxy groups -OCH3 is 1. The molecule has 1 aromatic heterocycles. The number of nitrogens with zero attached hydrogens (tertiary/aromatic N) is 2. The number of halogens is 2. The number of aliphatic hydroxyl groups excluding tert-OH is 1. The van der Waals surface area contributed by atoms with Crippen LogP contribution < -0.4 is 4.74 Å². The lowest BCUT2D eigenvalue weighted by Crippen LogP contribution is -2.54. The highest BCUT2D eigenvalue weighted by molar-refractivity contribution is 6.30. The van der Waals surface area contributed by atoms with Gasteiger partial charge in [0.1, 0.15) is 5.75 Å². The molecule has 0 aliphatic carbocycles. The molecule has 2 aromatic carbocycles. The summed E-state index contributed by atoms with van der Waals surface area (Å²) in [5.41, 5.74) is 3.57. The molecule has 3 aliphatic heterocycles. The average molecular weight is 471 g/mol. The summed E-state index contributed by atoms with van der Waals surface area (Å²) in [6.07, 6.45) is 3.66. The predicted octanol–water partition coefficient (Wildman–Crippen LogP) is 5.92. The molecule has 0 amide bonds. The van der Waals surface area contributed by atoms with E-state index in [9.17, 15) is 5.11 Å². The SMILES string of the molecule is C=C[C@H]1CN2CC[C@@H]1C[C@H]2[C@H](O)c1cc(-c2ccc(Cl)cc2)nc2ccc(OC)cc12.Cl. The molecule has 2 bridgehead atoms. The number of hydrogen-bond acceptors (Lipinski definition) is 4. The Morgan fingerprint density at radius 2 is 2.00 bits per heavy atom. The summed E-state index contributed by atoms with van der Waals surface area (Å²) in [7, 11) is 1.66. The van der Waals surface area contributed by atoms with Gasteiger partial charge in [-0.1, -0.05) is 29.8 Å². The first kappa shape index (κ1) is 23.1. The van der Waals surface area contributed by atoms with Crippen molar-refractivity contribution in [2.45, 2.75) is 25.0 Å². The number of rotatable bonds is 5. The fourth-order valence-electron chi connectivity index (χ4n) is 5.28. The van der Waals surface area contributed by atoms with E-state index in [4.69, 9.17) is 21.3 Å². The van der Waals surface area contributed by atoms with Crippen molar-refractivity contribution in [3.63, 3.8) is 0 Å². The number of piperidine rings is 3. The number of hydrogen-bond donors (Lipinski definition) is 1. The standard InChI is InChI=1S/C26H27ClN2O2.ClH/c1-3-16-15-29-11-10-18(16)12-25(29)26(30)22-14-24(17-4-6-19(27)7-5-17)28-23-9-8-20(31-2)13-21(22)23;/h3-9,13-14,16,18,25-26,30H,1,10-12,15H2,2H3;1H/t16-,18+,25-,26+;/m0./s1. The summed E-state index contributed by atoms with van der Waals surface area (Å²) >= 11 is 6.08. The summed E-state index contributed by atoms with van der Waals surface area (Å²) in [4.78, 5) is 7.31. The molecule has 3 aliphatic rings. The molecule has 3 saturated heterocycles. The largest absolute Gasteiger partial charge is 0.497 e. The number of benzene rings is 2. The van der Waals surface area contributed by atoms with E-state index in [-0.39, 0.29) is 18.4 Å². The lowest BCUT2D eigenvalue weighted by molar-refractivity contribution is -0.0444. The van der Waals surface area contributed by atoms with Crippen molar-refractivity contribution < 1.29 is 9.84 Å². The molecule has 1 N–H and O–H groups in total. The van der Waals surface area contributed by atoms with Crippen LogP contribution in [0.15, 0.2) is 61.2 Å². The highest BCUT2D eigenvalue weighted by atomic mass is 35.5. The van der Waals surface area contributed by atoms with Gasteiger partial charge in [-0.2, -0.15) is 0 Å². The van der Waals surface area contributed by atoms with Gasteiger partial charge in [-0.3, -0.25) is 4.90 Å². The highest BCUT2D eigenvalue weighted by Gasteiger charge is 2.42. The maximum absolute atomic E-state index is 11.6. The van der Waals surface area contributed by atoms with Crippen molar-refractivity contribution in [1.29, 1.82) is 0 Å². The second kappa shape index (κ2) is 9.40. The van der Waals surface area contributed by atoms with Crippen molar-refractivity contribution in [2.75, 3.05) is 20.2 Å². The quantitative estimate of drug-likeness (QED) is 0.470. The Hall–Kier alpha value is -2.11. The predicted molar refractivity (Wildman–Crippen MR) is 133 cm³/mol. The van der Waals surface area contributed by atoms with Gasteiger partial charge in [-0.15, -0.1) is 19.0 Å². The summed E-state index contributed by atoms with van der Waals surface area (Å²) in [5, 5.41) is 13.3. The molecule has 0 radical (unpaired) electrons. The van der Waals surface area contributed by atoms with E-state index in [1.807, 2.05) is 48.5 Å². The second-order valence-corrected chi connectivity index (χ2v) is 9.11. The molecule has 6 heteroatoms. The van der Waals surface area contributed by atoms with E-state index in [1.165, 1.54) is 6.42 Å². The maximum atomic E-state index is 11.6. The molecule has 32 heavy (non-hydrogen) atoms. The summed E-state index contributed by atoms with van der Waals surface area (Å²) in [5.74, 6) is 1.89. The van der Waals surface area contributed by atoms with Crippen LogP contribution in [0.2, 0.25) is 5.02 Å². The van der Waals surface area contributed by atoms with Crippen molar-refractivity contribution in [3.8, 4) is 17.0 Å². The summed E-state index contributed by atoms with van der Waals surface area (Å²) < 4.78 is 5.46. The molecule has 4 heterocycles. The lowest BCUT2D eigenvalue weighted by Gasteiger charge is -2.50. The molecule has 4 nitrogen and oxygen atoms in total. The average Bonchev–Trinajstić information content (AvgIpc) is 2.83. The maximum Gasteiger partial charge on any atom is 0.119 e. The Kier molecular flexibility index (Phi) is 6.78. The van der Waals surface area contributed by atoms with Crippen LogP contribution in [-0.4, -0.2) is 41.2 Å². The topological polar surface area (TPSA) is 45.6 Å². The first-order valence-electron chi connectivity index (χ1n) is 10.9. The smallest absolute Gasteiger partial charge is 0.119 e. The van der Waals surface area contributed by atoms with Gasteiger partial charge in [0.05, 0.1) is 24.4 Å². The first-order chi connectivity index (χ1) is 15.1. The van der Waals surface area contributed by atoms with Crippen LogP contribution in [0.1, 0.15) is 24.5 Å². The van der Waals surface area contributed by atoms with Gasteiger partial charge < -0.3 is 9.84 Å². The first-order valence-corrected chi connectivity index (χ1v) is 11.2. The molecule has 3 aromatic rings. The number of aliphatic hydroxyl groups is 1. The summed E-state index contributed by atoms with van der Waals surface area (Å²) in [6, 6.07) is 15.7. The van der Waals surface area contributed by atoms with Gasteiger partial charge in [0, 0.05) is 28.6 Å². The Labute approximate surface area is 200 Å². The Morgan fingerprint density at radius 3 is 2.66 bits per heavy atom. The zero-order valence-electron chi connectivity index (χ0n) is 18.1. The van der Waals surface area contributed by atoms with Crippen LogP contribution >= 0.6 is 24.0 Å². The van der Waals surface area contributed by atoms with E-state index < -0.39 is 6.10 Å². The Balaban J connectivity index is 0.00000245. The van der Waals surface area contributed by atoms with Crippen LogP contribution in [0.4, 0.5) is 0 Å². The minimum Gasteiger partial charge on any atom is -0.497 e. The van der Waals surface area contributed by atoms with Crippen molar-refractivity contribution in [3.05, 3.63) is 71.8 Å². The molecule has 5 atom stereocenters. The van der Waals surface area contributed by atoms with Gasteiger partial charge in [-0.05, 0) is 73.2 Å².